The first-order valence-electron chi connectivity index (χ1n) is 8.24. The molecular weight excluding hydrogens is 332 g/mol. The highest BCUT2D eigenvalue weighted by Crippen LogP contribution is 2.44. The van der Waals surface area contributed by atoms with Crippen LogP contribution in [0.1, 0.15) is 41.0 Å². The zero-order chi connectivity index (χ0) is 18.6. The molecule has 0 atom stereocenters. The lowest BCUT2D eigenvalue weighted by molar-refractivity contribution is -0.139. The van der Waals surface area contributed by atoms with Crippen LogP contribution in [0.15, 0.2) is 36.4 Å². The Kier molecular flexibility index (Phi) is 3.34. The normalized spacial score (nSPS) is 14.8. The number of carboxylic acids is 1. The Bertz CT molecular complexity index is 1080. The number of fused-ring (bicyclic) bond motifs is 4. The van der Waals surface area contributed by atoms with Gasteiger partial charge in [-0.1, -0.05) is 19.9 Å². The van der Waals surface area contributed by atoms with E-state index in [1.54, 1.807) is 24.3 Å². The number of aliphatic carboxylic acids is 1. The van der Waals surface area contributed by atoms with Crippen LogP contribution in [0.2, 0.25) is 0 Å². The molecule has 0 saturated carbocycles. The molecule has 0 aliphatic heterocycles. The van der Waals surface area contributed by atoms with Gasteiger partial charge in [0.25, 0.3) is 0 Å². The number of nitrogens with one attached hydrogen (secondary N) is 1. The van der Waals surface area contributed by atoms with Gasteiger partial charge in [0.15, 0.2) is 12.4 Å². The first-order valence-corrected chi connectivity index (χ1v) is 8.24. The van der Waals surface area contributed by atoms with Gasteiger partial charge in [-0.25, -0.2) is 4.79 Å². The van der Waals surface area contributed by atoms with Crippen LogP contribution >= 0.6 is 0 Å². The van der Waals surface area contributed by atoms with Gasteiger partial charge in [0, 0.05) is 33.3 Å². The SMILES string of the molecule is CC1(C)c2cc(OCC(=O)O)ccc2C(=O)c2c1[nH]c1cc(N)ccc21. The molecule has 0 unspecified atom stereocenters. The fourth-order valence-electron chi connectivity index (χ4n) is 3.66. The number of hydrogen-bond donors (Lipinski definition) is 3. The van der Waals surface area contributed by atoms with Crippen molar-refractivity contribution in [2.45, 2.75) is 19.3 Å². The molecular formula is C20H18N2O4. The summed E-state index contributed by atoms with van der Waals surface area (Å²) in [6, 6.07) is 10.6. The first kappa shape index (κ1) is 16.2. The van der Waals surface area contributed by atoms with E-state index in [0.717, 1.165) is 22.2 Å². The Hall–Kier alpha value is -3.28. The van der Waals surface area contributed by atoms with Gasteiger partial charge in [-0.05, 0) is 35.9 Å². The quantitative estimate of drug-likeness (QED) is 0.630. The summed E-state index contributed by atoms with van der Waals surface area (Å²) in [6.45, 7) is 3.62. The summed E-state index contributed by atoms with van der Waals surface area (Å²) < 4.78 is 5.29. The van der Waals surface area contributed by atoms with Crippen molar-refractivity contribution in [1.29, 1.82) is 0 Å². The lowest BCUT2D eigenvalue weighted by atomic mass is 9.71. The van der Waals surface area contributed by atoms with Crippen LogP contribution in [0.5, 0.6) is 5.75 Å². The summed E-state index contributed by atoms with van der Waals surface area (Å²) in [4.78, 5) is 27.2. The van der Waals surface area contributed by atoms with E-state index in [0.29, 0.717) is 22.6 Å². The number of hydrogen-bond acceptors (Lipinski definition) is 4. The number of H-pyrrole nitrogens is 1. The van der Waals surface area contributed by atoms with E-state index < -0.39 is 18.0 Å². The van der Waals surface area contributed by atoms with Gasteiger partial charge in [0.05, 0.1) is 5.56 Å². The monoisotopic (exact) mass is 350 g/mol. The summed E-state index contributed by atoms with van der Waals surface area (Å²) in [5, 5.41) is 9.65. The molecule has 1 aromatic heterocycles. The van der Waals surface area contributed by atoms with Crippen LogP contribution in [-0.2, 0) is 10.2 Å². The molecule has 132 valence electrons. The van der Waals surface area contributed by atoms with Crippen LogP contribution in [0.25, 0.3) is 10.9 Å². The molecule has 4 N–H and O–H groups in total. The smallest absolute Gasteiger partial charge is 0.341 e. The molecule has 0 spiro atoms. The standard InChI is InChI=1S/C20H18N2O4/c1-20(2)14-8-11(26-9-16(23)24)4-6-12(14)18(25)17-13-5-3-10(21)7-15(13)22-19(17)20/h3-8,22H,9,21H2,1-2H3,(H,23,24). The Labute approximate surface area is 149 Å². The van der Waals surface area contributed by atoms with Gasteiger partial charge < -0.3 is 20.6 Å². The van der Waals surface area contributed by atoms with Crippen molar-refractivity contribution in [2.24, 2.45) is 0 Å². The van der Waals surface area contributed by atoms with Crippen LogP contribution < -0.4 is 10.5 Å². The van der Waals surface area contributed by atoms with E-state index in [-0.39, 0.29) is 5.78 Å². The summed E-state index contributed by atoms with van der Waals surface area (Å²) in [7, 11) is 0. The lowest BCUT2D eigenvalue weighted by Gasteiger charge is -2.32. The minimum Gasteiger partial charge on any atom is -0.482 e. The molecule has 2 aromatic carbocycles. The number of carboxylic acid groups (broad SMARTS) is 1. The first-order chi connectivity index (χ1) is 12.3. The highest BCUT2D eigenvalue weighted by atomic mass is 16.5. The van der Waals surface area contributed by atoms with Crippen LogP contribution in [0, 0.1) is 0 Å². The van der Waals surface area contributed by atoms with Gasteiger partial charge >= 0.3 is 5.97 Å². The van der Waals surface area contributed by atoms with Crippen molar-refractivity contribution < 1.29 is 19.4 Å². The van der Waals surface area contributed by atoms with Crippen LogP contribution in [-0.4, -0.2) is 28.4 Å². The molecule has 0 bridgehead atoms. The highest BCUT2D eigenvalue weighted by molar-refractivity contribution is 6.20. The second-order valence-electron chi connectivity index (χ2n) is 7.02. The predicted octanol–water partition coefficient (Wildman–Crippen LogP) is 3.08. The number of aromatic nitrogens is 1. The summed E-state index contributed by atoms with van der Waals surface area (Å²) >= 11 is 0. The Morgan fingerprint density at radius 1 is 1.23 bits per heavy atom. The van der Waals surface area contributed by atoms with E-state index in [2.05, 4.69) is 4.98 Å². The molecule has 0 fully saturated rings. The van der Waals surface area contributed by atoms with Crippen LogP contribution in [0.3, 0.4) is 0 Å². The van der Waals surface area contributed by atoms with Crippen molar-refractivity contribution in [3.63, 3.8) is 0 Å². The van der Waals surface area contributed by atoms with E-state index in [9.17, 15) is 9.59 Å². The molecule has 0 saturated heterocycles. The van der Waals surface area contributed by atoms with Crippen molar-refractivity contribution in [2.75, 3.05) is 12.3 Å². The number of ether oxygens (including phenoxy) is 1. The maximum absolute atomic E-state index is 13.1. The maximum Gasteiger partial charge on any atom is 0.341 e. The van der Waals surface area contributed by atoms with Gasteiger partial charge in [-0.15, -0.1) is 0 Å². The number of benzene rings is 2. The molecule has 1 aliphatic rings. The largest absolute Gasteiger partial charge is 0.482 e. The minimum absolute atomic E-state index is 0.0601. The van der Waals surface area contributed by atoms with Gasteiger partial charge in [-0.3, -0.25) is 4.79 Å². The predicted molar refractivity (Wildman–Crippen MR) is 97.8 cm³/mol. The number of rotatable bonds is 3. The van der Waals surface area contributed by atoms with Gasteiger partial charge in [0.2, 0.25) is 0 Å². The van der Waals surface area contributed by atoms with Gasteiger partial charge in [0.1, 0.15) is 5.75 Å². The molecule has 6 nitrogen and oxygen atoms in total. The van der Waals surface area contributed by atoms with E-state index >= 15 is 0 Å². The third kappa shape index (κ3) is 2.26. The second kappa shape index (κ2) is 5.36. The average molecular weight is 350 g/mol. The molecule has 1 aliphatic carbocycles. The number of aromatic amines is 1. The number of carbonyl (C=O) groups is 2. The number of ketones is 1. The minimum atomic E-state index is -1.05. The molecule has 0 amide bonds. The number of nitrogen functional groups attached to an aromatic ring is 1. The number of nitrogens with two attached hydrogens (primary N) is 1. The van der Waals surface area contributed by atoms with Crippen molar-refractivity contribution in [1.82, 2.24) is 4.98 Å². The van der Waals surface area contributed by atoms with Crippen molar-refractivity contribution in [3.8, 4) is 5.75 Å². The summed E-state index contributed by atoms with van der Waals surface area (Å²) in [6.07, 6.45) is 0. The van der Waals surface area contributed by atoms with E-state index in [4.69, 9.17) is 15.6 Å². The molecule has 6 heteroatoms. The second-order valence-corrected chi connectivity index (χ2v) is 7.02. The maximum atomic E-state index is 13.1. The topological polar surface area (TPSA) is 105 Å². The molecule has 26 heavy (non-hydrogen) atoms. The molecule has 4 rings (SSSR count). The van der Waals surface area contributed by atoms with E-state index in [1.165, 1.54) is 0 Å². The molecule has 0 radical (unpaired) electrons. The van der Waals surface area contributed by atoms with E-state index in [1.807, 2.05) is 26.0 Å². The van der Waals surface area contributed by atoms with Crippen molar-refractivity contribution >= 4 is 28.3 Å². The summed E-state index contributed by atoms with van der Waals surface area (Å²) in [5.74, 6) is -0.681. The number of anilines is 1. The van der Waals surface area contributed by atoms with Gasteiger partial charge in [-0.2, -0.15) is 0 Å². The summed E-state index contributed by atoms with van der Waals surface area (Å²) in [5.41, 5.74) is 9.74. The fourth-order valence-corrected chi connectivity index (χ4v) is 3.66. The van der Waals surface area contributed by atoms with Crippen LogP contribution in [0.4, 0.5) is 5.69 Å². The Morgan fingerprint density at radius 3 is 2.73 bits per heavy atom. The Morgan fingerprint density at radius 2 is 2.00 bits per heavy atom. The third-order valence-electron chi connectivity index (χ3n) is 4.95. The number of carbonyl (C=O) groups excluding carboxylic acids is 1. The fraction of sp³-hybridized carbons (Fsp3) is 0.200. The average Bonchev–Trinajstić information content (AvgIpc) is 2.97. The zero-order valence-corrected chi connectivity index (χ0v) is 14.4. The highest BCUT2D eigenvalue weighted by Gasteiger charge is 2.39. The zero-order valence-electron chi connectivity index (χ0n) is 14.4. The third-order valence-corrected chi connectivity index (χ3v) is 4.95. The molecule has 3 aromatic rings. The lowest BCUT2D eigenvalue weighted by Crippen LogP contribution is -2.30. The Balaban J connectivity index is 1.90. The van der Waals surface area contributed by atoms with Crippen molar-refractivity contribution in [3.05, 3.63) is 58.8 Å². The molecule has 1 heterocycles.